The summed E-state index contributed by atoms with van der Waals surface area (Å²) in [5.74, 6) is -0.436. The number of halogens is 1. The van der Waals surface area contributed by atoms with E-state index in [-0.39, 0.29) is 10.4 Å². The summed E-state index contributed by atoms with van der Waals surface area (Å²) < 4.78 is 39.0. The number of hydrogen-bond acceptors (Lipinski definition) is 3. The average Bonchev–Trinajstić information content (AvgIpc) is 2.28. The molecule has 1 aliphatic rings. The molecule has 0 bridgehead atoms. The lowest BCUT2D eigenvalue weighted by Gasteiger charge is -2.38. The van der Waals surface area contributed by atoms with E-state index < -0.39 is 15.8 Å². The Bertz CT molecular complexity index is 526. The second kappa shape index (κ2) is 4.60. The van der Waals surface area contributed by atoms with E-state index in [1.807, 2.05) is 13.8 Å². The summed E-state index contributed by atoms with van der Waals surface area (Å²) in [7, 11) is -3.52. The van der Waals surface area contributed by atoms with Gasteiger partial charge in [0.1, 0.15) is 5.82 Å². The van der Waals surface area contributed by atoms with Crippen molar-refractivity contribution in [1.29, 1.82) is 0 Å². The van der Waals surface area contributed by atoms with E-state index in [9.17, 15) is 12.8 Å². The van der Waals surface area contributed by atoms with Crippen LogP contribution in [0.3, 0.4) is 0 Å². The van der Waals surface area contributed by atoms with Gasteiger partial charge in [0.15, 0.2) is 0 Å². The van der Waals surface area contributed by atoms with Crippen LogP contribution in [0.15, 0.2) is 29.2 Å². The van der Waals surface area contributed by atoms with Gasteiger partial charge >= 0.3 is 0 Å². The van der Waals surface area contributed by atoms with E-state index in [1.165, 1.54) is 28.6 Å². The molecule has 6 heteroatoms. The van der Waals surface area contributed by atoms with Gasteiger partial charge in [0.25, 0.3) is 0 Å². The number of nitrogens with one attached hydrogen (secondary N) is 1. The lowest BCUT2D eigenvalue weighted by Crippen LogP contribution is -2.58. The number of rotatable bonds is 2. The van der Waals surface area contributed by atoms with Crippen molar-refractivity contribution in [2.45, 2.75) is 24.3 Å². The molecule has 0 unspecified atom stereocenters. The number of piperazine rings is 1. The SMILES string of the molecule is CC1(C)CN(S(=O)(=O)c2ccc(F)cc2)CCN1. The maximum atomic E-state index is 12.8. The first-order valence-electron chi connectivity index (χ1n) is 5.82. The van der Waals surface area contributed by atoms with Gasteiger partial charge in [0.2, 0.25) is 10.0 Å². The second-order valence-corrected chi connectivity index (χ2v) is 7.04. The summed E-state index contributed by atoms with van der Waals surface area (Å²) in [6.07, 6.45) is 0. The molecule has 0 radical (unpaired) electrons. The Morgan fingerprint density at radius 1 is 1.28 bits per heavy atom. The van der Waals surface area contributed by atoms with E-state index in [4.69, 9.17) is 0 Å². The fourth-order valence-electron chi connectivity index (χ4n) is 2.06. The Labute approximate surface area is 107 Å². The normalized spacial score (nSPS) is 20.8. The highest BCUT2D eigenvalue weighted by Gasteiger charge is 2.33. The zero-order valence-corrected chi connectivity index (χ0v) is 11.3. The predicted octanol–water partition coefficient (Wildman–Crippen LogP) is 1.20. The molecule has 0 aliphatic carbocycles. The van der Waals surface area contributed by atoms with Crippen molar-refractivity contribution in [3.05, 3.63) is 30.1 Å². The molecule has 100 valence electrons. The topological polar surface area (TPSA) is 49.4 Å². The molecule has 2 rings (SSSR count). The van der Waals surface area contributed by atoms with Gasteiger partial charge in [-0.25, -0.2) is 12.8 Å². The van der Waals surface area contributed by atoms with Crippen LogP contribution < -0.4 is 5.32 Å². The predicted molar refractivity (Wildman–Crippen MR) is 67.2 cm³/mol. The molecule has 1 aromatic carbocycles. The first-order valence-corrected chi connectivity index (χ1v) is 7.26. The zero-order valence-electron chi connectivity index (χ0n) is 10.5. The molecular weight excluding hydrogens is 255 g/mol. The molecule has 0 amide bonds. The lowest BCUT2D eigenvalue weighted by molar-refractivity contribution is 0.233. The van der Waals surface area contributed by atoms with Gasteiger partial charge in [-0.05, 0) is 38.1 Å². The Kier molecular flexibility index (Phi) is 3.44. The molecule has 18 heavy (non-hydrogen) atoms. The molecular formula is C12H17FN2O2S. The Morgan fingerprint density at radius 2 is 1.89 bits per heavy atom. The third kappa shape index (κ3) is 2.71. The molecule has 1 fully saturated rings. The molecule has 0 aromatic heterocycles. The van der Waals surface area contributed by atoms with Crippen molar-refractivity contribution in [1.82, 2.24) is 9.62 Å². The molecule has 1 aromatic rings. The van der Waals surface area contributed by atoms with Gasteiger partial charge in [0, 0.05) is 25.2 Å². The minimum absolute atomic E-state index is 0.140. The van der Waals surface area contributed by atoms with Crippen LogP contribution in [0.25, 0.3) is 0 Å². The smallest absolute Gasteiger partial charge is 0.243 e. The quantitative estimate of drug-likeness (QED) is 0.880. The highest BCUT2D eigenvalue weighted by Crippen LogP contribution is 2.20. The molecule has 1 N–H and O–H groups in total. The molecule has 0 saturated carbocycles. The average molecular weight is 272 g/mol. The highest BCUT2D eigenvalue weighted by molar-refractivity contribution is 7.89. The van der Waals surface area contributed by atoms with E-state index in [0.29, 0.717) is 19.6 Å². The largest absolute Gasteiger partial charge is 0.309 e. The second-order valence-electron chi connectivity index (χ2n) is 5.10. The van der Waals surface area contributed by atoms with E-state index in [0.717, 1.165) is 0 Å². The van der Waals surface area contributed by atoms with Crippen molar-refractivity contribution >= 4 is 10.0 Å². The van der Waals surface area contributed by atoms with Gasteiger partial charge in [-0.1, -0.05) is 0 Å². The standard InChI is InChI=1S/C12H17FN2O2S/c1-12(2)9-15(8-7-14-12)18(16,17)11-5-3-10(13)4-6-11/h3-6,14H,7-9H2,1-2H3. The summed E-state index contributed by atoms with van der Waals surface area (Å²) >= 11 is 0. The first-order chi connectivity index (χ1) is 8.31. The maximum absolute atomic E-state index is 12.8. The minimum Gasteiger partial charge on any atom is -0.309 e. The lowest BCUT2D eigenvalue weighted by atomic mass is 10.0. The fourth-order valence-corrected chi connectivity index (χ4v) is 3.66. The summed E-state index contributed by atoms with van der Waals surface area (Å²) in [5, 5.41) is 3.25. The third-order valence-corrected chi connectivity index (χ3v) is 4.85. The number of hydrogen-bond donors (Lipinski definition) is 1. The van der Waals surface area contributed by atoms with Crippen molar-refractivity contribution in [3.63, 3.8) is 0 Å². The summed E-state index contributed by atoms with van der Waals surface area (Å²) in [6.45, 7) is 5.38. The maximum Gasteiger partial charge on any atom is 0.243 e. The molecule has 1 heterocycles. The molecule has 1 aliphatic heterocycles. The monoisotopic (exact) mass is 272 g/mol. The molecule has 0 atom stereocenters. The zero-order chi connectivity index (χ0) is 13.4. The van der Waals surface area contributed by atoms with E-state index in [1.54, 1.807) is 0 Å². The van der Waals surface area contributed by atoms with Crippen LogP contribution in [-0.2, 0) is 10.0 Å². The van der Waals surface area contributed by atoms with Crippen LogP contribution in [0.4, 0.5) is 4.39 Å². The molecule has 4 nitrogen and oxygen atoms in total. The molecule has 0 spiro atoms. The number of sulfonamides is 1. The van der Waals surface area contributed by atoms with Gasteiger partial charge < -0.3 is 5.32 Å². The summed E-state index contributed by atoms with van der Waals surface area (Å²) in [6, 6.07) is 4.94. The van der Waals surface area contributed by atoms with E-state index >= 15 is 0 Å². The summed E-state index contributed by atoms with van der Waals surface area (Å²) in [5.41, 5.74) is -0.245. The number of nitrogens with zero attached hydrogens (tertiary/aromatic N) is 1. The van der Waals surface area contributed by atoms with Crippen LogP contribution in [-0.4, -0.2) is 37.9 Å². The van der Waals surface area contributed by atoms with Crippen LogP contribution >= 0.6 is 0 Å². The van der Waals surface area contributed by atoms with Crippen molar-refractivity contribution in [2.75, 3.05) is 19.6 Å². The minimum atomic E-state index is -3.52. The Hall–Kier alpha value is -0.980. The van der Waals surface area contributed by atoms with Gasteiger partial charge in [0.05, 0.1) is 4.90 Å². The third-order valence-electron chi connectivity index (χ3n) is 2.99. The first kappa shape index (κ1) is 13.5. The summed E-state index contributed by atoms with van der Waals surface area (Å²) in [4.78, 5) is 0.140. The van der Waals surface area contributed by atoms with Gasteiger partial charge in [-0.15, -0.1) is 0 Å². The fraction of sp³-hybridized carbons (Fsp3) is 0.500. The number of benzene rings is 1. The van der Waals surface area contributed by atoms with Gasteiger partial charge in [-0.3, -0.25) is 0 Å². The Morgan fingerprint density at radius 3 is 2.44 bits per heavy atom. The highest BCUT2D eigenvalue weighted by atomic mass is 32.2. The van der Waals surface area contributed by atoms with Crippen LogP contribution in [0, 0.1) is 5.82 Å². The van der Waals surface area contributed by atoms with Gasteiger partial charge in [-0.2, -0.15) is 4.31 Å². The van der Waals surface area contributed by atoms with Crippen LogP contribution in [0.1, 0.15) is 13.8 Å². The van der Waals surface area contributed by atoms with Crippen molar-refractivity contribution in [3.8, 4) is 0 Å². The van der Waals surface area contributed by atoms with Crippen LogP contribution in [0.2, 0.25) is 0 Å². The van der Waals surface area contributed by atoms with Crippen molar-refractivity contribution < 1.29 is 12.8 Å². The van der Waals surface area contributed by atoms with E-state index in [2.05, 4.69) is 5.32 Å². The van der Waals surface area contributed by atoms with Crippen LogP contribution in [0.5, 0.6) is 0 Å². The van der Waals surface area contributed by atoms with Crippen molar-refractivity contribution in [2.24, 2.45) is 0 Å². The molecule has 1 saturated heterocycles. The Balaban J connectivity index is 2.28.